The van der Waals surface area contributed by atoms with E-state index in [1.54, 1.807) is 43.0 Å². The summed E-state index contributed by atoms with van der Waals surface area (Å²) in [6, 6.07) is 13.5. The Morgan fingerprint density at radius 3 is 2.50 bits per heavy atom. The molecule has 0 radical (unpaired) electrons. The minimum atomic E-state index is -3.15. The first kappa shape index (κ1) is 24.5. The van der Waals surface area contributed by atoms with Gasteiger partial charge in [-0.1, -0.05) is 23.2 Å². The van der Waals surface area contributed by atoms with Crippen LogP contribution >= 0.6 is 23.2 Å². The number of hydrogen-bond donors (Lipinski definition) is 1. The summed E-state index contributed by atoms with van der Waals surface area (Å²) < 4.78 is 31.3. The summed E-state index contributed by atoms with van der Waals surface area (Å²) >= 11 is 12.1. The summed E-state index contributed by atoms with van der Waals surface area (Å²) in [5.41, 5.74) is 3.21. The number of hydrogen-bond acceptors (Lipinski definition) is 6. The molecule has 1 fully saturated rings. The fourth-order valence-electron chi connectivity index (χ4n) is 4.40. The number of nitrogens with one attached hydrogen (secondary N) is 1. The summed E-state index contributed by atoms with van der Waals surface area (Å²) in [6.07, 6.45) is 0.442. The van der Waals surface area contributed by atoms with Gasteiger partial charge in [0.25, 0.3) is 5.91 Å². The van der Waals surface area contributed by atoms with Crippen LogP contribution in [-0.2, 0) is 9.84 Å². The molecule has 1 unspecified atom stereocenters. The Morgan fingerprint density at radius 1 is 1.11 bits per heavy atom. The van der Waals surface area contributed by atoms with Crippen LogP contribution in [-0.4, -0.2) is 47.7 Å². The highest BCUT2D eigenvalue weighted by Crippen LogP contribution is 2.33. The van der Waals surface area contributed by atoms with Gasteiger partial charge in [0.15, 0.2) is 15.5 Å². The van der Waals surface area contributed by atoms with E-state index in [2.05, 4.69) is 10.4 Å². The standard InChI is InChI=1S/C25H22Cl2N4O4S/c1-14-23-19(25(32)28-16-5-8-20(26)21(27)11-16)12-22(15-3-6-18(35-2)7-4-15)29-24(23)31(30-14)17-9-10-36(33,34)13-17/h3-8,11-12,17H,9-10,13H2,1-2H3,(H,28,32). The van der Waals surface area contributed by atoms with Crippen molar-refractivity contribution in [2.75, 3.05) is 23.9 Å². The highest BCUT2D eigenvalue weighted by molar-refractivity contribution is 7.91. The van der Waals surface area contributed by atoms with Gasteiger partial charge in [-0.25, -0.2) is 18.1 Å². The van der Waals surface area contributed by atoms with E-state index >= 15 is 0 Å². The predicted octanol–water partition coefficient (Wildman–Crippen LogP) is 5.33. The van der Waals surface area contributed by atoms with Gasteiger partial charge < -0.3 is 10.1 Å². The van der Waals surface area contributed by atoms with Crippen LogP contribution in [0.5, 0.6) is 5.75 Å². The molecule has 36 heavy (non-hydrogen) atoms. The fourth-order valence-corrected chi connectivity index (χ4v) is 6.39. The van der Waals surface area contributed by atoms with Gasteiger partial charge in [-0.3, -0.25) is 4.79 Å². The molecule has 3 heterocycles. The summed E-state index contributed by atoms with van der Waals surface area (Å²) in [4.78, 5) is 18.4. The van der Waals surface area contributed by atoms with Crippen LogP contribution in [0.3, 0.4) is 0 Å². The van der Waals surface area contributed by atoms with Crippen LogP contribution < -0.4 is 10.1 Å². The normalized spacial score (nSPS) is 16.8. The van der Waals surface area contributed by atoms with Crippen molar-refractivity contribution in [2.45, 2.75) is 19.4 Å². The Hall–Kier alpha value is -3.14. The second kappa shape index (κ2) is 9.38. The highest BCUT2D eigenvalue weighted by Gasteiger charge is 2.32. The van der Waals surface area contributed by atoms with Crippen molar-refractivity contribution in [3.05, 3.63) is 69.8 Å². The first-order valence-electron chi connectivity index (χ1n) is 11.2. The molecule has 11 heteroatoms. The average molecular weight is 545 g/mol. The minimum Gasteiger partial charge on any atom is -0.497 e. The highest BCUT2D eigenvalue weighted by atomic mass is 35.5. The molecular formula is C25H22Cl2N4O4S. The molecular weight excluding hydrogens is 523 g/mol. The van der Waals surface area contributed by atoms with Gasteiger partial charge in [-0.15, -0.1) is 0 Å². The molecule has 2 aromatic carbocycles. The third-order valence-corrected chi connectivity index (χ3v) is 8.69. The number of carbonyl (C=O) groups is 1. The van der Waals surface area contributed by atoms with Gasteiger partial charge in [0.1, 0.15) is 5.75 Å². The first-order valence-corrected chi connectivity index (χ1v) is 13.7. The number of halogens is 2. The molecule has 4 aromatic rings. The number of methoxy groups -OCH3 is 1. The Kier molecular flexibility index (Phi) is 6.40. The van der Waals surface area contributed by atoms with Gasteiger partial charge in [-0.2, -0.15) is 5.10 Å². The van der Waals surface area contributed by atoms with Crippen molar-refractivity contribution in [3.8, 4) is 17.0 Å². The number of aryl methyl sites for hydroxylation is 1. The monoisotopic (exact) mass is 544 g/mol. The van der Waals surface area contributed by atoms with Crippen LogP contribution in [0.2, 0.25) is 10.0 Å². The SMILES string of the molecule is COc1ccc(-c2cc(C(=O)Nc3ccc(Cl)c(Cl)c3)c3c(C)nn(C4CCS(=O)(=O)C4)c3n2)cc1. The maximum atomic E-state index is 13.5. The molecule has 0 saturated carbocycles. The van der Waals surface area contributed by atoms with Crippen molar-refractivity contribution in [1.82, 2.24) is 14.8 Å². The topological polar surface area (TPSA) is 103 Å². The molecule has 8 nitrogen and oxygen atoms in total. The number of sulfone groups is 1. The Labute approximate surface area is 218 Å². The van der Waals surface area contributed by atoms with E-state index in [1.807, 2.05) is 24.3 Å². The minimum absolute atomic E-state index is 0.0114. The zero-order valence-corrected chi connectivity index (χ0v) is 21.8. The van der Waals surface area contributed by atoms with Crippen molar-refractivity contribution in [2.24, 2.45) is 0 Å². The third kappa shape index (κ3) is 4.66. The summed E-state index contributed by atoms with van der Waals surface area (Å²) in [5.74, 6) is 0.398. The largest absolute Gasteiger partial charge is 0.497 e. The number of rotatable bonds is 5. The first-order chi connectivity index (χ1) is 17.1. The molecule has 2 aromatic heterocycles. The smallest absolute Gasteiger partial charge is 0.256 e. The second-order valence-electron chi connectivity index (χ2n) is 8.65. The Morgan fingerprint density at radius 2 is 1.86 bits per heavy atom. The number of benzene rings is 2. The van der Waals surface area contributed by atoms with Crippen molar-refractivity contribution >= 4 is 55.7 Å². The quantitative estimate of drug-likeness (QED) is 0.364. The number of fused-ring (bicyclic) bond motifs is 1. The predicted molar refractivity (Wildman–Crippen MR) is 141 cm³/mol. The van der Waals surface area contributed by atoms with E-state index in [-0.39, 0.29) is 23.5 Å². The van der Waals surface area contributed by atoms with Gasteiger partial charge in [0.2, 0.25) is 0 Å². The average Bonchev–Trinajstić information content (AvgIpc) is 3.39. The number of anilines is 1. The number of pyridine rings is 1. The lowest BCUT2D eigenvalue weighted by atomic mass is 10.0. The van der Waals surface area contributed by atoms with Crippen LogP contribution in [0.15, 0.2) is 48.5 Å². The van der Waals surface area contributed by atoms with Gasteiger partial charge in [0, 0.05) is 11.3 Å². The maximum Gasteiger partial charge on any atom is 0.256 e. The van der Waals surface area contributed by atoms with Gasteiger partial charge in [-0.05, 0) is 61.9 Å². The van der Waals surface area contributed by atoms with E-state index in [9.17, 15) is 13.2 Å². The lowest BCUT2D eigenvalue weighted by molar-refractivity contribution is 0.102. The molecule has 1 amide bonds. The molecule has 5 rings (SSSR count). The maximum absolute atomic E-state index is 13.5. The Bertz CT molecular complexity index is 1600. The summed E-state index contributed by atoms with van der Waals surface area (Å²) in [7, 11) is -1.57. The molecule has 1 aliphatic heterocycles. The van der Waals surface area contributed by atoms with E-state index in [0.717, 1.165) is 5.56 Å². The molecule has 1 aliphatic rings. The number of ether oxygens (including phenoxy) is 1. The Balaban J connectivity index is 1.66. The number of nitrogens with zero attached hydrogens (tertiary/aromatic N) is 3. The molecule has 0 spiro atoms. The summed E-state index contributed by atoms with van der Waals surface area (Å²) in [5, 5.41) is 8.76. The lowest BCUT2D eigenvalue weighted by Crippen LogP contribution is -2.15. The molecule has 1 N–H and O–H groups in total. The van der Waals surface area contributed by atoms with Crippen molar-refractivity contribution in [3.63, 3.8) is 0 Å². The number of carbonyl (C=O) groups excluding carboxylic acids is 1. The lowest BCUT2D eigenvalue weighted by Gasteiger charge is -2.13. The van der Waals surface area contributed by atoms with Crippen LogP contribution in [0, 0.1) is 6.92 Å². The van der Waals surface area contributed by atoms with E-state index in [1.165, 1.54) is 0 Å². The zero-order chi connectivity index (χ0) is 25.6. The van der Waals surface area contributed by atoms with Crippen LogP contribution in [0.4, 0.5) is 5.69 Å². The molecule has 1 saturated heterocycles. The third-order valence-electron chi connectivity index (χ3n) is 6.20. The second-order valence-corrected chi connectivity index (χ2v) is 11.7. The molecule has 1 atom stereocenters. The number of amides is 1. The van der Waals surface area contributed by atoms with Crippen LogP contribution in [0.25, 0.3) is 22.3 Å². The molecule has 0 aliphatic carbocycles. The number of aromatic nitrogens is 3. The van der Waals surface area contributed by atoms with E-state index in [4.69, 9.17) is 32.9 Å². The summed E-state index contributed by atoms with van der Waals surface area (Å²) in [6.45, 7) is 1.78. The van der Waals surface area contributed by atoms with Crippen LogP contribution in [0.1, 0.15) is 28.5 Å². The molecule has 186 valence electrons. The van der Waals surface area contributed by atoms with Gasteiger partial charge >= 0.3 is 0 Å². The van der Waals surface area contributed by atoms with Crippen molar-refractivity contribution in [1.29, 1.82) is 0 Å². The zero-order valence-electron chi connectivity index (χ0n) is 19.5. The van der Waals surface area contributed by atoms with Gasteiger partial charge in [0.05, 0.1) is 57.0 Å². The van der Waals surface area contributed by atoms with Crippen molar-refractivity contribution < 1.29 is 17.9 Å². The van der Waals surface area contributed by atoms with E-state index in [0.29, 0.717) is 55.9 Å². The molecule has 0 bridgehead atoms. The fraction of sp³-hybridized carbons (Fsp3) is 0.240. The van der Waals surface area contributed by atoms with E-state index < -0.39 is 9.84 Å².